The van der Waals surface area contributed by atoms with Gasteiger partial charge in [0.1, 0.15) is 5.75 Å². The number of methoxy groups -OCH3 is 1. The minimum atomic E-state index is -0.0315. The van der Waals surface area contributed by atoms with E-state index in [1.165, 1.54) is 5.56 Å². The van der Waals surface area contributed by atoms with Crippen LogP contribution in [0.4, 0.5) is 5.69 Å². The second-order valence-electron chi connectivity index (χ2n) is 4.93. The fraction of sp³-hybridized carbons (Fsp3) is 0.312. The highest BCUT2D eigenvalue weighted by Crippen LogP contribution is 2.18. The molecule has 0 amide bonds. The van der Waals surface area contributed by atoms with Crippen LogP contribution in [0.5, 0.6) is 5.75 Å². The zero-order chi connectivity index (χ0) is 14.5. The van der Waals surface area contributed by atoms with E-state index in [2.05, 4.69) is 28.1 Å². The molecule has 0 bridgehead atoms. The largest absolute Gasteiger partial charge is 0.497 e. The first-order valence-corrected chi connectivity index (χ1v) is 6.65. The second kappa shape index (κ2) is 6.39. The van der Waals surface area contributed by atoms with E-state index >= 15 is 0 Å². The third-order valence-corrected chi connectivity index (χ3v) is 3.26. The molecule has 0 saturated carbocycles. The highest BCUT2D eigenvalue weighted by atomic mass is 16.5. The van der Waals surface area contributed by atoms with Gasteiger partial charge in [-0.1, -0.05) is 12.1 Å². The summed E-state index contributed by atoms with van der Waals surface area (Å²) in [5, 5.41) is 0. The number of ether oxygens (including phenoxy) is 1. The summed E-state index contributed by atoms with van der Waals surface area (Å²) in [6.45, 7) is 2.76. The maximum Gasteiger partial charge on any atom is 0.118 e. The Morgan fingerprint density at radius 2 is 1.90 bits per heavy atom. The highest BCUT2D eigenvalue weighted by molar-refractivity contribution is 5.45. The lowest BCUT2D eigenvalue weighted by atomic mass is 10.2. The van der Waals surface area contributed by atoms with Gasteiger partial charge in [0.2, 0.25) is 0 Å². The van der Waals surface area contributed by atoms with Gasteiger partial charge in [0, 0.05) is 19.6 Å². The summed E-state index contributed by atoms with van der Waals surface area (Å²) in [5.74, 6) is 0.874. The summed E-state index contributed by atoms with van der Waals surface area (Å²) in [7, 11) is 3.72. The van der Waals surface area contributed by atoms with E-state index in [0.717, 1.165) is 23.7 Å². The first-order chi connectivity index (χ1) is 9.60. The number of rotatable bonds is 5. The molecular weight excluding hydrogens is 250 g/mol. The van der Waals surface area contributed by atoms with Crippen LogP contribution in [0.1, 0.15) is 24.2 Å². The molecule has 1 unspecified atom stereocenters. The maximum atomic E-state index is 5.80. The molecule has 0 aliphatic heterocycles. The first-order valence-electron chi connectivity index (χ1n) is 6.65. The molecule has 106 valence electrons. The number of benzene rings is 1. The standard InChI is InChI=1S/C16H21N3O/c1-12(17)16-9-6-14(10-18-16)19(2)11-13-4-7-15(20-3)8-5-13/h4-10,12H,11,17H2,1-3H3. The molecule has 2 aromatic rings. The van der Waals surface area contributed by atoms with E-state index in [1.807, 2.05) is 38.4 Å². The fourth-order valence-corrected chi connectivity index (χ4v) is 1.99. The molecule has 20 heavy (non-hydrogen) atoms. The lowest BCUT2D eigenvalue weighted by Crippen LogP contribution is -2.17. The third kappa shape index (κ3) is 3.48. The molecule has 1 heterocycles. The van der Waals surface area contributed by atoms with Crippen LogP contribution in [0.25, 0.3) is 0 Å². The summed E-state index contributed by atoms with van der Waals surface area (Å²) >= 11 is 0. The van der Waals surface area contributed by atoms with Crippen molar-refractivity contribution in [1.29, 1.82) is 0 Å². The van der Waals surface area contributed by atoms with Crippen LogP contribution < -0.4 is 15.4 Å². The zero-order valence-electron chi connectivity index (χ0n) is 12.2. The Balaban J connectivity index is 2.04. The molecule has 2 rings (SSSR count). The fourth-order valence-electron chi connectivity index (χ4n) is 1.99. The van der Waals surface area contributed by atoms with Crippen molar-refractivity contribution < 1.29 is 4.74 Å². The van der Waals surface area contributed by atoms with Crippen molar-refractivity contribution in [3.05, 3.63) is 53.9 Å². The van der Waals surface area contributed by atoms with Gasteiger partial charge in [-0.3, -0.25) is 4.98 Å². The molecule has 0 fully saturated rings. The van der Waals surface area contributed by atoms with Crippen LogP contribution in [0.3, 0.4) is 0 Å². The van der Waals surface area contributed by atoms with Gasteiger partial charge in [0.25, 0.3) is 0 Å². The molecule has 1 atom stereocenters. The summed E-state index contributed by atoms with van der Waals surface area (Å²) in [5.41, 5.74) is 9.01. The van der Waals surface area contributed by atoms with Crippen molar-refractivity contribution in [2.24, 2.45) is 5.73 Å². The quantitative estimate of drug-likeness (QED) is 0.908. The summed E-state index contributed by atoms with van der Waals surface area (Å²) in [6.07, 6.45) is 1.86. The van der Waals surface area contributed by atoms with Gasteiger partial charge in [-0.15, -0.1) is 0 Å². The lowest BCUT2D eigenvalue weighted by molar-refractivity contribution is 0.414. The van der Waals surface area contributed by atoms with E-state index in [4.69, 9.17) is 10.5 Å². The average molecular weight is 271 g/mol. The van der Waals surface area contributed by atoms with Gasteiger partial charge < -0.3 is 15.4 Å². The van der Waals surface area contributed by atoms with Gasteiger partial charge in [-0.05, 0) is 36.8 Å². The number of aromatic nitrogens is 1. The Morgan fingerprint density at radius 3 is 2.40 bits per heavy atom. The van der Waals surface area contributed by atoms with E-state index in [0.29, 0.717) is 0 Å². The number of anilines is 1. The average Bonchev–Trinajstić information content (AvgIpc) is 2.48. The van der Waals surface area contributed by atoms with Crippen LogP contribution in [0.2, 0.25) is 0 Å². The molecule has 0 saturated heterocycles. The molecule has 0 radical (unpaired) electrons. The smallest absolute Gasteiger partial charge is 0.118 e. The zero-order valence-corrected chi connectivity index (χ0v) is 12.2. The Bertz CT molecular complexity index is 535. The normalized spacial score (nSPS) is 12.0. The van der Waals surface area contributed by atoms with Crippen molar-refractivity contribution in [2.75, 3.05) is 19.1 Å². The molecule has 0 aliphatic rings. The van der Waals surface area contributed by atoms with E-state index < -0.39 is 0 Å². The molecule has 0 aliphatic carbocycles. The SMILES string of the molecule is COc1ccc(CN(C)c2ccc(C(C)N)nc2)cc1. The van der Waals surface area contributed by atoms with E-state index in [-0.39, 0.29) is 6.04 Å². The van der Waals surface area contributed by atoms with E-state index in [9.17, 15) is 0 Å². The Kier molecular flexibility index (Phi) is 4.58. The summed E-state index contributed by atoms with van der Waals surface area (Å²) < 4.78 is 5.16. The maximum absolute atomic E-state index is 5.80. The number of hydrogen-bond donors (Lipinski definition) is 1. The summed E-state index contributed by atoms with van der Waals surface area (Å²) in [6, 6.07) is 12.1. The van der Waals surface area contributed by atoms with Crippen LogP contribution in [-0.4, -0.2) is 19.1 Å². The summed E-state index contributed by atoms with van der Waals surface area (Å²) in [4.78, 5) is 6.53. The minimum Gasteiger partial charge on any atom is -0.497 e. The topological polar surface area (TPSA) is 51.4 Å². The number of hydrogen-bond acceptors (Lipinski definition) is 4. The molecule has 0 spiro atoms. The van der Waals surface area contributed by atoms with E-state index in [1.54, 1.807) is 7.11 Å². The Labute approximate surface area is 120 Å². The number of pyridine rings is 1. The molecule has 2 N–H and O–H groups in total. The molecule has 1 aromatic carbocycles. The van der Waals surface area contributed by atoms with Crippen molar-refractivity contribution in [3.63, 3.8) is 0 Å². The van der Waals surface area contributed by atoms with Crippen LogP contribution in [0.15, 0.2) is 42.6 Å². The van der Waals surface area contributed by atoms with Gasteiger partial charge in [-0.25, -0.2) is 0 Å². The second-order valence-corrected chi connectivity index (χ2v) is 4.93. The van der Waals surface area contributed by atoms with Gasteiger partial charge in [-0.2, -0.15) is 0 Å². The van der Waals surface area contributed by atoms with Crippen molar-refractivity contribution in [2.45, 2.75) is 19.5 Å². The molecular formula is C16H21N3O. The molecule has 4 heteroatoms. The predicted octanol–water partition coefficient (Wildman–Crippen LogP) is 2.75. The number of nitrogens with two attached hydrogens (primary N) is 1. The first kappa shape index (κ1) is 14.3. The third-order valence-electron chi connectivity index (χ3n) is 3.26. The lowest BCUT2D eigenvalue weighted by Gasteiger charge is -2.19. The predicted molar refractivity (Wildman–Crippen MR) is 81.9 cm³/mol. The highest BCUT2D eigenvalue weighted by Gasteiger charge is 2.05. The molecule has 4 nitrogen and oxygen atoms in total. The van der Waals surface area contributed by atoms with Crippen LogP contribution >= 0.6 is 0 Å². The number of nitrogens with zero attached hydrogens (tertiary/aromatic N) is 2. The minimum absolute atomic E-state index is 0.0315. The molecule has 1 aromatic heterocycles. The Hall–Kier alpha value is -2.07. The van der Waals surface area contributed by atoms with Crippen molar-refractivity contribution >= 4 is 5.69 Å². The Morgan fingerprint density at radius 1 is 1.20 bits per heavy atom. The van der Waals surface area contributed by atoms with Gasteiger partial charge in [0.05, 0.1) is 24.7 Å². The van der Waals surface area contributed by atoms with Crippen molar-refractivity contribution in [1.82, 2.24) is 4.98 Å². The van der Waals surface area contributed by atoms with Gasteiger partial charge in [0.15, 0.2) is 0 Å². The van der Waals surface area contributed by atoms with Crippen LogP contribution in [0, 0.1) is 0 Å². The van der Waals surface area contributed by atoms with Gasteiger partial charge >= 0.3 is 0 Å². The van der Waals surface area contributed by atoms with Crippen LogP contribution in [-0.2, 0) is 6.54 Å². The monoisotopic (exact) mass is 271 g/mol. The van der Waals surface area contributed by atoms with Crippen molar-refractivity contribution in [3.8, 4) is 5.75 Å².